The summed E-state index contributed by atoms with van der Waals surface area (Å²) >= 11 is 0. The largest absolute Gasteiger partial charge is 0.344 e. The van der Waals surface area contributed by atoms with Gasteiger partial charge < -0.3 is 14.8 Å². The van der Waals surface area contributed by atoms with Crippen molar-refractivity contribution in [2.75, 3.05) is 34.2 Å². The zero-order chi connectivity index (χ0) is 15.6. The number of aromatic amines is 1. The second kappa shape index (κ2) is 6.26. The Bertz CT molecular complexity index is 645. The highest BCUT2D eigenvalue weighted by atomic mass is 16.2. The van der Waals surface area contributed by atoms with Gasteiger partial charge in [-0.3, -0.25) is 4.79 Å². The molecule has 0 aliphatic rings. The highest BCUT2D eigenvalue weighted by molar-refractivity contribution is 5.82. The highest BCUT2D eigenvalue weighted by Crippen LogP contribution is 2.18. The first-order valence-electron chi connectivity index (χ1n) is 7.21. The number of likely N-dealkylation sites (N-methyl/N-ethyl adjacent to an activating group) is 2. The van der Waals surface area contributed by atoms with Crippen molar-refractivity contribution < 1.29 is 4.79 Å². The van der Waals surface area contributed by atoms with Crippen LogP contribution in [0.25, 0.3) is 11.0 Å². The number of imidazole rings is 1. The second-order valence-corrected chi connectivity index (χ2v) is 5.96. The summed E-state index contributed by atoms with van der Waals surface area (Å²) in [5, 5.41) is 0. The standard InChI is InChI=1S/C16H24N4O/c1-11-8-12(2)16-13(9-11)17-14(18-16)10-15(21)20(5)7-6-19(3)4/h8-9H,6-7,10H2,1-5H3,(H,17,18). The van der Waals surface area contributed by atoms with Crippen LogP contribution in [-0.4, -0.2) is 59.9 Å². The number of hydrogen-bond donors (Lipinski definition) is 1. The number of nitrogens with one attached hydrogen (secondary N) is 1. The molecule has 5 nitrogen and oxygen atoms in total. The van der Waals surface area contributed by atoms with E-state index in [1.807, 2.05) is 28.1 Å². The summed E-state index contributed by atoms with van der Waals surface area (Å²) in [6, 6.07) is 4.18. The number of H-pyrrole nitrogens is 1. The summed E-state index contributed by atoms with van der Waals surface area (Å²) in [7, 11) is 5.84. The van der Waals surface area contributed by atoms with Gasteiger partial charge in [-0.05, 0) is 45.1 Å². The first kappa shape index (κ1) is 15.5. The van der Waals surface area contributed by atoms with Crippen LogP contribution in [0.1, 0.15) is 17.0 Å². The first-order chi connectivity index (χ1) is 9.86. The SMILES string of the molecule is Cc1cc(C)c2nc(CC(=O)N(C)CCN(C)C)[nH]c2c1. The number of carbonyl (C=O) groups excluding carboxylic acids is 1. The van der Waals surface area contributed by atoms with Gasteiger partial charge in [-0.2, -0.15) is 0 Å². The fraction of sp³-hybridized carbons (Fsp3) is 0.500. The number of aryl methyl sites for hydroxylation is 2. The maximum Gasteiger partial charge on any atom is 0.229 e. The van der Waals surface area contributed by atoms with Crippen LogP contribution in [0.2, 0.25) is 0 Å². The summed E-state index contributed by atoms with van der Waals surface area (Å²) in [6.07, 6.45) is 0.317. The third-order valence-electron chi connectivity index (χ3n) is 3.60. The van der Waals surface area contributed by atoms with Crippen molar-refractivity contribution in [3.8, 4) is 0 Å². The normalized spacial score (nSPS) is 11.3. The van der Waals surface area contributed by atoms with Crippen molar-refractivity contribution in [3.63, 3.8) is 0 Å². The summed E-state index contributed by atoms with van der Waals surface area (Å²) in [4.78, 5) is 23.8. The molecule has 0 saturated heterocycles. The molecule has 2 aromatic rings. The Kier molecular flexibility index (Phi) is 4.63. The molecule has 0 aliphatic heterocycles. The molecule has 1 aromatic carbocycles. The quantitative estimate of drug-likeness (QED) is 0.912. The summed E-state index contributed by atoms with van der Waals surface area (Å²) in [6.45, 7) is 5.70. The lowest BCUT2D eigenvalue weighted by molar-refractivity contribution is -0.129. The first-order valence-corrected chi connectivity index (χ1v) is 7.21. The van der Waals surface area contributed by atoms with E-state index >= 15 is 0 Å². The average molecular weight is 288 g/mol. The zero-order valence-corrected chi connectivity index (χ0v) is 13.5. The van der Waals surface area contributed by atoms with Crippen molar-refractivity contribution in [1.82, 2.24) is 19.8 Å². The molecule has 0 atom stereocenters. The van der Waals surface area contributed by atoms with E-state index in [0.717, 1.165) is 35.5 Å². The molecule has 0 spiro atoms. The number of carbonyl (C=O) groups is 1. The monoisotopic (exact) mass is 288 g/mol. The van der Waals surface area contributed by atoms with Gasteiger partial charge in [-0.25, -0.2) is 4.98 Å². The molecule has 0 fully saturated rings. The van der Waals surface area contributed by atoms with E-state index in [0.29, 0.717) is 6.42 Å². The van der Waals surface area contributed by atoms with E-state index < -0.39 is 0 Å². The minimum Gasteiger partial charge on any atom is -0.344 e. The number of amides is 1. The lowest BCUT2D eigenvalue weighted by atomic mass is 10.1. The van der Waals surface area contributed by atoms with Crippen LogP contribution in [0.5, 0.6) is 0 Å². The van der Waals surface area contributed by atoms with E-state index in [2.05, 4.69) is 33.9 Å². The van der Waals surface area contributed by atoms with Crippen molar-refractivity contribution in [1.29, 1.82) is 0 Å². The third-order valence-corrected chi connectivity index (χ3v) is 3.60. The molecule has 1 heterocycles. The van der Waals surface area contributed by atoms with E-state index in [1.54, 1.807) is 4.90 Å². The number of nitrogens with zero attached hydrogens (tertiary/aromatic N) is 3. The molecule has 0 aliphatic carbocycles. The topological polar surface area (TPSA) is 52.2 Å². The van der Waals surface area contributed by atoms with Crippen molar-refractivity contribution in [2.45, 2.75) is 20.3 Å². The Labute approximate surface area is 126 Å². The maximum atomic E-state index is 12.2. The molecule has 0 unspecified atom stereocenters. The molecule has 1 N–H and O–H groups in total. The zero-order valence-electron chi connectivity index (χ0n) is 13.5. The smallest absolute Gasteiger partial charge is 0.229 e. The van der Waals surface area contributed by atoms with E-state index in [9.17, 15) is 4.79 Å². The average Bonchev–Trinajstić information content (AvgIpc) is 2.78. The number of hydrogen-bond acceptors (Lipinski definition) is 3. The Hall–Kier alpha value is -1.88. The van der Waals surface area contributed by atoms with Crippen molar-refractivity contribution >= 4 is 16.9 Å². The van der Waals surface area contributed by atoms with E-state index in [-0.39, 0.29) is 5.91 Å². The predicted molar refractivity (Wildman–Crippen MR) is 85.5 cm³/mol. The number of fused-ring (bicyclic) bond motifs is 1. The Morgan fingerprint density at radius 1 is 1.19 bits per heavy atom. The number of benzene rings is 1. The highest BCUT2D eigenvalue weighted by Gasteiger charge is 2.13. The van der Waals surface area contributed by atoms with Gasteiger partial charge in [-0.1, -0.05) is 6.07 Å². The minimum atomic E-state index is 0.0882. The van der Waals surface area contributed by atoms with Gasteiger partial charge in [0.15, 0.2) is 0 Å². The van der Waals surface area contributed by atoms with E-state index in [1.165, 1.54) is 5.56 Å². The minimum absolute atomic E-state index is 0.0882. The van der Waals surface area contributed by atoms with Crippen LogP contribution < -0.4 is 0 Å². The van der Waals surface area contributed by atoms with Crippen LogP contribution in [0.3, 0.4) is 0 Å². The molecule has 1 aromatic heterocycles. The van der Waals surface area contributed by atoms with Gasteiger partial charge in [-0.15, -0.1) is 0 Å². The van der Waals surface area contributed by atoms with Crippen LogP contribution >= 0.6 is 0 Å². The van der Waals surface area contributed by atoms with Gasteiger partial charge in [0, 0.05) is 20.1 Å². The molecule has 1 amide bonds. The fourth-order valence-corrected chi connectivity index (χ4v) is 2.36. The Balaban J connectivity index is 2.09. The van der Waals surface area contributed by atoms with Crippen molar-refractivity contribution in [2.24, 2.45) is 0 Å². The van der Waals surface area contributed by atoms with Crippen LogP contribution in [0, 0.1) is 13.8 Å². The summed E-state index contributed by atoms with van der Waals surface area (Å²) in [5.74, 6) is 0.825. The molecule has 0 bridgehead atoms. The van der Waals surface area contributed by atoms with Gasteiger partial charge in [0.25, 0.3) is 0 Å². The molecule has 0 radical (unpaired) electrons. The molecule has 2 rings (SSSR count). The predicted octanol–water partition coefficient (Wildman–Crippen LogP) is 1.74. The van der Waals surface area contributed by atoms with Gasteiger partial charge >= 0.3 is 0 Å². The van der Waals surface area contributed by atoms with Crippen LogP contribution in [-0.2, 0) is 11.2 Å². The molecule has 0 saturated carbocycles. The lowest BCUT2D eigenvalue weighted by Gasteiger charge is -2.19. The number of rotatable bonds is 5. The van der Waals surface area contributed by atoms with Crippen LogP contribution in [0.15, 0.2) is 12.1 Å². The summed E-state index contributed by atoms with van der Waals surface area (Å²) < 4.78 is 0. The molecule has 21 heavy (non-hydrogen) atoms. The second-order valence-electron chi connectivity index (χ2n) is 5.96. The van der Waals surface area contributed by atoms with Gasteiger partial charge in [0.2, 0.25) is 5.91 Å². The molecular weight excluding hydrogens is 264 g/mol. The lowest BCUT2D eigenvalue weighted by Crippen LogP contribution is -2.34. The maximum absolute atomic E-state index is 12.2. The fourth-order valence-electron chi connectivity index (χ4n) is 2.36. The van der Waals surface area contributed by atoms with Crippen LogP contribution in [0.4, 0.5) is 0 Å². The third kappa shape index (κ3) is 3.82. The Morgan fingerprint density at radius 3 is 2.57 bits per heavy atom. The van der Waals surface area contributed by atoms with Gasteiger partial charge in [0.1, 0.15) is 5.82 Å². The molecule has 5 heteroatoms. The molecule has 114 valence electrons. The van der Waals surface area contributed by atoms with Crippen molar-refractivity contribution in [3.05, 3.63) is 29.1 Å². The molecular formula is C16H24N4O. The number of aromatic nitrogens is 2. The van der Waals surface area contributed by atoms with Gasteiger partial charge in [0.05, 0.1) is 17.5 Å². The van der Waals surface area contributed by atoms with E-state index in [4.69, 9.17) is 0 Å². The summed E-state index contributed by atoms with van der Waals surface area (Å²) in [5.41, 5.74) is 4.30. The Morgan fingerprint density at radius 2 is 1.90 bits per heavy atom.